The van der Waals surface area contributed by atoms with Gasteiger partial charge in [-0.25, -0.2) is 8.42 Å². The van der Waals surface area contributed by atoms with E-state index in [4.69, 9.17) is 5.73 Å². The molecule has 0 bridgehead atoms. The third-order valence-electron chi connectivity index (χ3n) is 1.15. The quantitative estimate of drug-likeness (QED) is 0.654. The molecule has 9 heteroatoms. The van der Waals surface area contributed by atoms with Crippen LogP contribution in [0.25, 0.3) is 0 Å². The van der Waals surface area contributed by atoms with E-state index in [2.05, 4.69) is 10.2 Å². The fraction of sp³-hybridized carbons (Fsp3) is 0.250. The molecule has 1 rings (SSSR count). The third-order valence-corrected chi connectivity index (χ3v) is 2.11. The van der Waals surface area contributed by atoms with Crippen LogP contribution in [0.5, 0.6) is 0 Å². The minimum Gasteiger partial charge on any atom is -0.394 e. The molecule has 0 saturated heterocycles. The van der Waals surface area contributed by atoms with E-state index in [1.54, 1.807) is 4.72 Å². The van der Waals surface area contributed by atoms with Crippen LogP contribution in [-0.2, 0) is 10.0 Å². The number of alkyl halides is 2. The molecule has 0 aliphatic carbocycles. The van der Waals surface area contributed by atoms with Crippen molar-refractivity contribution in [1.82, 2.24) is 10.2 Å². The van der Waals surface area contributed by atoms with Crippen molar-refractivity contribution in [2.45, 2.75) is 5.76 Å². The van der Waals surface area contributed by atoms with Gasteiger partial charge in [0.2, 0.25) is 0 Å². The molecule has 0 fully saturated rings. The number of H-pyrrole nitrogens is 1. The van der Waals surface area contributed by atoms with Gasteiger partial charge in [-0.3, -0.25) is 9.82 Å². The van der Waals surface area contributed by atoms with Crippen molar-refractivity contribution in [3.05, 3.63) is 6.20 Å². The maximum absolute atomic E-state index is 11.8. The van der Waals surface area contributed by atoms with Crippen molar-refractivity contribution in [2.24, 2.45) is 0 Å². The molecule has 74 valence electrons. The third kappa shape index (κ3) is 2.05. The minimum absolute atomic E-state index is 0.0516. The maximum atomic E-state index is 11.8. The van der Waals surface area contributed by atoms with Gasteiger partial charge in [0.25, 0.3) is 10.0 Å². The Balaban J connectivity index is 2.88. The van der Waals surface area contributed by atoms with Gasteiger partial charge in [0, 0.05) is 0 Å². The lowest BCUT2D eigenvalue weighted by Gasteiger charge is -2.04. The van der Waals surface area contributed by atoms with E-state index in [0.717, 1.165) is 6.20 Å². The molecule has 1 heterocycles. The molecule has 0 aromatic carbocycles. The summed E-state index contributed by atoms with van der Waals surface area (Å²) in [6, 6.07) is 0. The Morgan fingerprint density at radius 2 is 2.23 bits per heavy atom. The summed E-state index contributed by atoms with van der Waals surface area (Å²) in [4.78, 5) is 0. The van der Waals surface area contributed by atoms with Gasteiger partial charge in [0.1, 0.15) is 0 Å². The van der Waals surface area contributed by atoms with Crippen molar-refractivity contribution in [3.63, 3.8) is 0 Å². The van der Waals surface area contributed by atoms with Crippen LogP contribution in [0.2, 0.25) is 0 Å². The van der Waals surface area contributed by atoms with Crippen molar-refractivity contribution in [3.8, 4) is 0 Å². The molecule has 0 saturated carbocycles. The fourth-order valence-corrected chi connectivity index (χ4v) is 1.10. The molecule has 0 aliphatic rings. The van der Waals surface area contributed by atoms with Crippen LogP contribution >= 0.6 is 0 Å². The number of nitrogens with one attached hydrogen (secondary N) is 2. The van der Waals surface area contributed by atoms with E-state index >= 15 is 0 Å². The Morgan fingerprint density at radius 1 is 1.62 bits per heavy atom. The number of nitrogens with zero attached hydrogens (tertiary/aromatic N) is 1. The lowest BCUT2D eigenvalue weighted by molar-refractivity contribution is 0.236. The Morgan fingerprint density at radius 3 is 2.62 bits per heavy atom. The van der Waals surface area contributed by atoms with E-state index in [1.165, 1.54) is 0 Å². The number of hydrogen-bond acceptors (Lipinski definition) is 4. The molecular weight excluding hydrogens is 206 g/mol. The molecule has 1 aromatic heterocycles. The highest BCUT2D eigenvalue weighted by Gasteiger charge is 2.24. The summed E-state index contributed by atoms with van der Waals surface area (Å²) in [6.45, 7) is 0. The van der Waals surface area contributed by atoms with Crippen molar-refractivity contribution in [1.29, 1.82) is 0 Å². The predicted molar refractivity (Wildman–Crippen MR) is 41.5 cm³/mol. The zero-order valence-electron chi connectivity index (χ0n) is 6.16. The SMILES string of the molecule is Nc1cn[nH]c1NS(=O)(=O)C(F)F. The minimum atomic E-state index is -4.68. The number of nitrogens with two attached hydrogens (primary N) is 1. The van der Waals surface area contributed by atoms with Crippen molar-refractivity contribution in [2.75, 3.05) is 10.5 Å². The summed E-state index contributed by atoms with van der Waals surface area (Å²) >= 11 is 0. The zero-order valence-corrected chi connectivity index (χ0v) is 6.98. The largest absolute Gasteiger partial charge is 0.394 e. The number of halogens is 2. The number of rotatable bonds is 3. The number of aromatic nitrogens is 2. The summed E-state index contributed by atoms with van der Waals surface area (Å²) in [7, 11) is -4.68. The summed E-state index contributed by atoms with van der Waals surface area (Å²) in [5.74, 6) is -3.77. The lowest BCUT2D eigenvalue weighted by Crippen LogP contribution is -2.21. The van der Waals surface area contributed by atoms with Crippen LogP contribution in [0.4, 0.5) is 20.3 Å². The van der Waals surface area contributed by atoms with Crippen molar-refractivity contribution < 1.29 is 17.2 Å². The topological polar surface area (TPSA) is 101 Å². The first-order chi connectivity index (χ1) is 5.93. The van der Waals surface area contributed by atoms with Crippen molar-refractivity contribution >= 4 is 21.5 Å². The van der Waals surface area contributed by atoms with E-state index < -0.39 is 15.8 Å². The molecule has 0 unspecified atom stereocenters. The van der Waals surface area contributed by atoms with E-state index in [-0.39, 0.29) is 11.5 Å². The predicted octanol–water partition coefficient (Wildman–Crippen LogP) is -0.0438. The molecule has 1 aromatic rings. The smallest absolute Gasteiger partial charge is 0.355 e. The summed E-state index contributed by atoms with van der Waals surface area (Å²) in [6.07, 6.45) is 1.10. The van der Waals surface area contributed by atoms with Gasteiger partial charge in [0.05, 0.1) is 11.9 Å². The fourth-order valence-electron chi connectivity index (χ4n) is 0.564. The second-order valence-corrected chi connectivity index (χ2v) is 3.76. The van der Waals surface area contributed by atoms with Crippen LogP contribution in [0.15, 0.2) is 6.20 Å². The van der Waals surface area contributed by atoms with Gasteiger partial charge >= 0.3 is 5.76 Å². The Hall–Kier alpha value is -1.38. The number of hydrogen-bond donors (Lipinski definition) is 3. The second kappa shape index (κ2) is 3.17. The second-order valence-electron chi connectivity index (χ2n) is 2.11. The molecular formula is C4H6F2N4O2S. The maximum Gasteiger partial charge on any atom is 0.355 e. The van der Waals surface area contributed by atoms with Crippen LogP contribution in [0.3, 0.4) is 0 Å². The highest BCUT2D eigenvalue weighted by molar-refractivity contribution is 7.93. The van der Waals surface area contributed by atoms with E-state index in [1.807, 2.05) is 0 Å². The molecule has 0 radical (unpaired) electrons. The average molecular weight is 212 g/mol. The number of aromatic amines is 1. The molecule has 6 nitrogen and oxygen atoms in total. The number of nitrogen functional groups attached to an aromatic ring is 1. The summed E-state index contributed by atoms with van der Waals surface area (Å²) in [5, 5.41) is 5.46. The molecule has 13 heavy (non-hydrogen) atoms. The first-order valence-corrected chi connectivity index (χ1v) is 4.57. The molecule has 0 atom stereocenters. The van der Waals surface area contributed by atoms with E-state index in [0.29, 0.717) is 0 Å². The Kier molecular flexibility index (Phi) is 2.36. The highest BCUT2D eigenvalue weighted by Crippen LogP contribution is 2.16. The number of sulfonamides is 1. The zero-order chi connectivity index (χ0) is 10.1. The number of anilines is 2. The first kappa shape index (κ1) is 9.71. The molecule has 4 N–H and O–H groups in total. The van der Waals surface area contributed by atoms with Gasteiger partial charge in [-0.1, -0.05) is 0 Å². The lowest BCUT2D eigenvalue weighted by atomic mass is 10.6. The summed E-state index contributed by atoms with van der Waals surface area (Å²) < 4.78 is 46.3. The first-order valence-electron chi connectivity index (χ1n) is 3.02. The van der Waals surface area contributed by atoms with Gasteiger partial charge in [-0.15, -0.1) is 0 Å². The Bertz CT molecular complexity index is 387. The molecule has 0 spiro atoms. The van der Waals surface area contributed by atoms with Crippen LogP contribution in [0.1, 0.15) is 0 Å². The van der Waals surface area contributed by atoms with Gasteiger partial charge in [0.15, 0.2) is 5.82 Å². The highest BCUT2D eigenvalue weighted by atomic mass is 32.2. The summed E-state index contributed by atoms with van der Waals surface area (Å²) in [5.41, 5.74) is 5.13. The van der Waals surface area contributed by atoms with E-state index in [9.17, 15) is 17.2 Å². The molecule has 0 amide bonds. The van der Waals surface area contributed by atoms with Gasteiger partial charge in [-0.05, 0) is 0 Å². The Labute approximate surface area is 72.2 Å². The average Bonchev–Trinajstić information content (AvgIpc) is 2.35. The normalized spacial score (nSPS) is 11.9. The van der Waals surface area contributed by atoms with Crippen LogP contribution < -0.4 is 10.5 Å². The monoisotopic (exact) mass is 212 g/mol. The van der Waals surface area contributed by atoms with Gasteiger partial charge in [-0.2, -0.15) is 13.9 Å². The van der Waals surface area contributed by atoms with Gasteiger partial charge < -0.3 is 5.73 Å². The standard InChI is InChI=1S/C4H6F2N4O2S/c5-4(6)13(11,12)10-3-2(7)1-8-9-3/h1,4H,7H2,(H2,8,9,10). The van der Waals surface area contributed by atoms with Crippen LogP contribution in [0, 0.1) is 0 Å². The van der Waals surface area contributed by atoms with Crippen LogP contribution in [-0.4, -0.2) is 24.4 Å². The molecule has 0 aliphatic heterocycles.